The molecule has 0 amide bonds. The highest BCUT2D eigenvalue weighted by Gasteiger charge is 2.41. The van der Waals surface area contributed by atoms with Crippen LogP contribution in [-0.4, -0.2) is 24.9 Å². The van der Waals surface area contributed by atoms with E-state index < -0.39 is 0 Å². The fraction of sp³-hybridized carbons (Fsp3) is 0.538. The van der Waals surface area contributed by atoms with Gasteiger partial charge in [0.15, 0.2) is 11.6 Å². The van der Waals surface area contributed by atoms with Gasteiger partial charge in [-0.3, -0.25) is 0 Å². The molecule has 2 N–H and O–H groups in total. The molecule has 0 saturated heterocycles. The first kappa shape index (κ1) is 12.3. The van der Waals surface area contributed by atoms with Crippen molar-refractivity contribution in [3.05, 3.63) is 30.1 Å². The molecule has 2 rings (SSSR count). The van der Waals surface area contributed by atoms with Gasteiger partial charge in [0.05, 0.1) is 0 Å². The van der Waals surface area contributed by atoms with Crippen LogP contribution < -0.4 is 10.5 Å². The van der Waals surface area contributed by atoms with Gasteiger partial charge in [-0.25, -0.2) is 4.39 Å². The Bertz CT molecular complexity index is 372. The SMILES string of the molecule is CCCOC1C(N)CC1Oc1ccccc1F. The first-order valence-corrected chi connectivity index (χ1v) is 6.00. The quantitative estimate of drug-likeness (QED) is 0.855. The molecule has 1 aromatic rings. The molecule has 0 spiro atoms. The lowest BCUT2D eigenvalue weighted by atomic mass is 9.86. The van der Waals surface area contributed by atoms with E-state index in [9.17, 15) is 4.39 Å². The highest BCUT2D eigenvalue weighted by molar-refractivity contribution is 5.24. The van der Waals surface area contributed by atoms with E-state index in [1.165, 1.54) is 6.07 Å². The zero-order chi connectivity index (χ0) is 12.3. The molecular weight excluding hydrogens is 221 g/mol. The van der Waals surface area contributed by atoms with Gasteiger partial charge in [0, 0.05) is 19.1 Å². The molecule has 94 valence electrons. The van der Waals surface area contributed by atoms with E-state index in [2.05, 4.69) is 0 Å². The van der Waals surface area contributed by atoms with Gasteiger partial charge in [-0.15, -0.1) is 0 Å². The van der Waals surface area contributed by atoms with Crippen molar-refractivity contribution >= 4 is 0 Å². The van der Waals surface area contributed by atoms with E-state index >= 15 is 0 Å². The highest BCUT2D eigenvalue weighted by atomic mass is 19.1. The maximum Gasteiger partial charge on any atom is 0.165 e. The predicted octanol–water partition coefficient (Wildman–Crippen LogP) is 2.10. The van der Waals surface area contributed by atoms with Crippen molar-refractivity contribution < 1.29 is 13.9 Å². The summed E-state index contributed by atoms with van der Waals surface area (Å²) >= 11 is 0. The standard InChI is InChI=1S/C13H18FNO2/c1-2-7-16-13-10(15)8-12(13)17-11-6-4-3-5-9(11)14/h3-6,10,12-13H,2,7-8,15H2,1H3. The minimum absolute atomic E-state index is 0.00155. The van der Waals surface area contributed by atoms with Gasteiger partial charge in [0.2, 0.25) is 0 Å². The van der Waals surface area contributed by atoms with Gasteiger partial charge in [0.1, 0.15) is 12.2 Å². The van der Waals surface area contributed by atoms with Gasteiger partial charge >= 0.3 is 0 Å². The summed E-state index contributed by atoms with van der Waals surface area (Å²) in [6.45, 7) is 2.70. The largest absolute Gasteiger partial charge is 0.485 e. The second-order valence-corrected chi connectivity index (χ2v) is 4.32. The summed E-state index contributed by atoms with van der Waals surface area (Å²) in [5.74, 6) is -0.0725. The van der Waals surface area contributed by atoms with Crippen molar-refractivity contribution in [3.8, 4) is 5.75 Å². The van der Waals surface area contributed by atoms with Gasteiger partial charge in [0.25, 0.3) is 0 Å². The Morgan fingerprint density at radius 1 is 1.41 bits per heavy atom. The summed E-state index contributed by atoms with van der Waals surface area (Å²) in [6.07, 6.45) is 1.40. The van der Waals surface area contributed by atoms with Crippen molar-refractivity contribution in [2.24, 2.45) is 5.73 Å². The van der Waals surface area contributed by atoms with Crippen molar-refractivity contribution in [2.75, 3.05) is 6.61 Å². The van der Waals surface area contributed by atoms with Crippen LogP contribution in [0.25, 0.3) is 0 Å². The maximum atomic E-state index is 13.4. The Hall–Kier alpha value is -1.13. The zero-order valence-electron chi connectivity index (χ0n) is 9.93. The number of nitrogens with two attached hydrogens (primary N) is 1. The summed E-state index contributed by atoms with van der Waals surface area (Å²) in [5.41, 5.74) is 5.85. The molecule has 0 heterocycles. The minimum atomic E-state index is -0.345. The molecule has 0 bridgehead atoms. The van der Waals surface area contributed by atoms with E-state index in [1.807, 2.05) is 6.92 Å². The maximum absolute atomic E-state index is 13.4. The average molecular weight is 239 g/mol. The molecule has 1 aliphatic rings. The number of hydrogen-bond acceptors (Lipinski definition) is 3. The molecule has 0 aliphatic heterocycles. The van der Waals surface area contributed by atoms with Gasteiger partial charge in [-0.1, -0.05) is 19.1 Å². The average Bonchev–Trinajstić information content (AvgIpc) is 2.31. The molecule has 4 heteroatoms. The Labute approximate surface area is 101 Å². The molecule has 0 aromatic heterocycles. The normalized spacial score (nSPS) is 27.6. The third-order valence-electron chi connectivity index (χ3n) is 2.92. The fourth-order valence-electron chi connectivity index (χ4n) is 1.92. The first-order valence-electron chi connectivity index (χ1n) is 6.00. The van der Waals surface area contributed by atoms with Crippen molar-refractivity contribution in [1.82, 2.24) is 0 Å². The van der Waals surface area contributed by atoms with Gasteiger partial charge in [-0.2, -0.15) is 0 Å². The van der Waals surface area contributed by atoms with Crippen molar-refractivity contribution in [2.45, 2.75) is 38.0 Å². The Morgan fingerprint density at radius 2 is 2.18 bits per heavy atom. The molecular formula is C13H18FNO2. The van der Waals surface area contributed by atoms with Crippen LogP contribution in [0.2, 0.25) is 0 Å². The van der Waals surface area contributed by atoms with Crippen LogP contribution in [0.5, 0.6) is 5.75 Å². The summed E-state index contributed by atoms with van der Waals surface area (Å²) in [7, 11) is 0. The second kappa shape index (κ2) is 5.47. The monoisotopic (exact) mass is 239 g/mol. The van der Waals surface area contributed by atoms with E-state index in [1.54, 1.807) is 18.2 Å². The van der Waals surface area contributed by atoms with Crippen LogP contribution in [0.1, 0.15) is 19.8 Å². The van der Waals surface area contributed by atoms with E-state index in [0.717, 1.165) is 6.42 Å². The molecule has 1 aliphatic carbocycles. The van der Waals surface area contributed by atoms with Crippen LogP contribution in [0, 0.1) is 5.82 Å². The Morgan fingerprint density at radius 3 is 2.82 bits per heavy atom. The Kier molecular flexibility index (Phi) is 3.97. The van der Waals surface area contributed by atoms with Gasteiger partial charge < -0.3 is 15.2 Å². The van der Waals surface area contributed by atoms with Crippen LogP contribution in [0.3, 0.4) is 0 Å². The fourth-order valence-corrected chi connectivity index (χ4v) is 1.92. The lowest BCUT2D eigenvalue weighted by molar-refractivity contribution is -0.0989. The lowest BCUT2D eigenvalue weighted by Gasteiger charge is -2.41. The predicted molar refractivity (Wildman–Crippen MR) is 63.4 cm³/mol. The van der Waals surface area contributed by atoms with Gasteiger partial charge in [-0.05, 0) is 18.6 Å². The van der Waals surface area contributed by atoms with E-state index in [0.29, 0.717) is 13.0 Å². The van der Waals surface area contributed by atoms with E-state index in [4.69, 9.17) is 15.2 Å². The molecule has 17 heavy (non-hydrogen) atoms. The molecule has 3 unspecified atom stereocenters. The number of para-hydroxylation sites is 1. The zero-order valence-corrected chi connectivity index (χ0v) is 9.93. The first-order chi connectivity index (χ1) is 8.22. The van der Waals surface area contributed by atoms with Crippen LogP contribution >= 0.6 is 0 Å². The topological polar surface area (TPSA) is 44.5 Å². The number of benzene rings is 1. The second-order valence-electron chi connectivity index (χ2n) is 4.32. The number of rotatable bonds is 5. The molecule has 1 aromatic carbocycles. The lowest BCUT2D eigenvalue weighted by Crippen LogP contribution is -2.59. The number of hydrogen-bond donors (Lipinski definition) is 1. The van der Waals surface area contributed by atoms with Crippen LogP contribution in [0.15, 0.2) is 24.3 Å². The smallest absolute Gasteiger partial charge is 0.165 e. The molecule has 1 saturated carbocycles. The van der Waals surface area contributed by atoms with Crippen molar-refractivity contribution in [3.63, 3.8) is 0 Å². The molecule has 3 atom stereocenters. The summed E-state index contributed by atoms with van der Waals surface area (Å²) in [6, 6.07) is 6.39. The van der Waals surface area contributed by atoms with Crippen molar-refractivity contribution in [1.29, 1.82) is 0 Å². The minimum Gasteiger partial charge on any atom is -0.485 e. The van der Waals surface area contributed by atoms with Crippen LogP contribution in [0.4, 0.5) is 4.39 Å². The molecule has 1 fully saturated rings. The summed E-state index contributed by atoms with van der Waals surface area (Å²) in [5, 5.41) is 0. The number of ether oxygens (including phenoxy) is 2. The summed E-state index contributed by atoms with van der Waals surface area (Å²) in [4.78, 5) is 0. The summed E-state index contributed by atoms with van der Waals surface area (Å²) < 4.78 is 24.6. The Balaban J connectivity index is 1.93. The molecule has 3 nitrogen and oxygen atoms in total. The van der Waals surface area contributed by atoms with Crippen LogP contribution in [-0.2, 0) is 4.74 Å². The third kappa shape index (κ3) is 2.76. The number of halogens is 1. The molecule has 0 radical (unpaired) electrons. The van der Waals surface area contributed by atoms with E-state index in [-0.39, 0.29) is 29.8 Å². The highest BCUT2D eigenvalue weighted by Crippen LogP contribution is 2.29. The third-order valence-corrected chi connectivity index (χ3v) is 2.92.